The summed E-state index contributed by atoms with van der Waals surface area (Å²) >= 11 is 0. The Morgan fingerprint density at radius 3 is 2.14 bits per heavy atom. The first kappa shape index (κ1) is 18.7. The van der Waals surface area contributed by atoms with Gasteiger partial charge in [0.15, 0.2) is 0 Å². The molecule has 2 aromatic carbocycles. The average Bonchev–Trinajstić information content (AvgIpc) is 3.24. The van der Waals surface area contributed by atoms with Crippen LogP contribution >= 0.6 is 0 Å². The van der Waals surface area contributed by atoms with Gasteiger partial charge in [0.2, 0.25) is 0 Å². The molecule has 0 spiro atoms. The van der Waals surface area contributed by atoms with Crippen molar-refractivity contribution in [3.63, 3.8) is 0 Å². The summed E-state index contributed by atoms with van der Waals surface area (Å²) in [5.74, 6) is 0. The van der Waals surface area contributed by atoms with Crippen molar-refractivity contribution in [2.75, 3.05) is 54.4 Å². The molecule has 0 unspecified atom stereocenters. The Bertz CT molecular complexity index is 819. The monoisotopic (exact) mass is 378 g/mol. The van der Waals surface area contributed by atoms with Gasteiger partial charge in [0.25, 0.3) is 0 Å². The number of carbonyl (C=O) groups is 1. The van der Waals surface area contributed by atoms with Crippen LogP contribution in [0.3, 0.4) is 0 Å². The van der Waals surface area contributed by atoms with E-state index in [0.29, 0.717) is 0 Å². The standard InChI is InChI=1S/C23H30N4O/c1-18-5-10-22(19(2)17-18)26-13-15-27(16-14-26)23(28)24-20-6-8-21(9-7-20)25-11-3-4-12-25/h5-10,17H,3-4,11-16H2,1-2H3,(H,24,28). The molecule has 0 saturated carbocycles. The van der Waals surface area contributed by atoms with Gasteiger partial charge in [-0.25, -0.2) is 4.79 Å². The molecule has 2 aliphatic heterocycles. The van der Waals surface area contributed by atoms with E-state index in [1.54, 1.807) is 0 Å². The summed E-state index contributed by atoms with van der Waals surface area (Å²) in [6, 6.07) is 14.8. The number of nitrogens with zero attached hydrogens (tertiary/aromatic N) is 3. The molecule has 0 aromatic heterocycles. The predicted molar refractivity (Wildman–Crippen MR) is 117 cm³/mol. The van der Waals surface area contributed by atoms with Crippen molar-refractivity contribution >= 4 is 23.1 Å². The summed E-state index contributed by atoms with van der Waals surface area (Å²) < 4.78 is 0. The SMILES string of the molecule is Cc1ccc(N2CCN(C(=O)Nc3ccc(N4CCCC4)cc3)CC2)c(C)c1. The van der Waals surface area contributed by atoms with E-state index >= 15 is 0 Å². The Labute approximate surface area is 167 Å². The lowest BCUT2D eigenvalue weighted by Crippen LogP contribution is -2.50. The number of rotatable bonds is 3. The Balaban J connectivity index is 1.31. The van der Waals surface area contributed by atoms with Crippen molar-refractivity contribution in [1.82, 2.24) is 4.90 Å². The first-order chi connectivity index (χ1) is 13.6. The van der Waals surface area contributed by atoms with Gasteiger partial charge in [-0.1, -0.05) is 17.7 Å². The zero-order valence-corrected chi connectivity index (χ0v) is 16.9. The number of hydrogen-bond acceptors (Lipinski definition) is 3. The van der Waals surface area contributed by atoms with E-state index in [1.165, 1.54) is 35.3 Å². The summed E-state index contributed by atoms with van der Waals surface area (Å²) in [4.78, 5) is 19.3. The summed E-state index contributed by atoms with van der Waals surface area (Å²) in [7, 11) is 0. The van der Waals surface area contributed by atoms with Gasteiger partial charge in [-0.15, -0.1) is 0 Å². The van der Waals surface area contributed by atoms with Crippen LogP contribution in [0.1, 0.15) is 24.0 Å². The van der Waals surface area contributed by atoms with E-state index in [0.717, 1.165) is 45.0 Å². The van der Waals surface area contributed by atoms with E-state index in [1.807, 2.05) is 17.0 Å². The molecular weight excluding hydrogens is 348 g/mol. The Morgan fingerprint density at radius 2 is 1.50 bits per heavy atom. The first-order valence-corrected chi connectivity index (χ1v) is 10.3. The maximum absolute atomic E-state index is 12.6. The van der Waals surface area contributed by atoms with Crippen molar-refractivity contribution in [2.45, 2.75) is 26.7 Å². The van der Waals surface area contributed by atoms with Gasteiger partial charge in [0, 0.05) is 56.3 Å². The highest BCUT2D eigenvalue weighted by molar-refractivity contribution is 5.89. The van der Waals surface area contributed by atoms with E-state index in [4.69, 9.17) is 0 Å². The van der Waals surface area contributed by atoms with Gasteiger partial charge in [-0.3, -0.25) is 0 Å². The van der Waals surface area contributed by atoms with Crippen molar-refractivity contribution in [3.8, 4) is 0 Å². The number of nitrogens with one attached hydrogen (secondary N) is 1. The molecule has 1 N–H and O–H groups in total. The van der Waals surface area contributed by atoms with Crippen molar-refractivity contribution in [3.05, 3.63) is 53.6 Å². The molecule has 0 aliphatic carbocycles. The molecule has 5 heteroatoms. The number of aryl methyl sites for hydroxylation is 2. The van der Waals surface area contributed by atoms with Gasteiger partial charge in [0.05, 0.1) is 0 Å². The molecule has 2 saturated heterocycles. The fourth-order valence-electron chi connectivity index (χ4n) is 4.24. The molecule has 0 atom stereocenters. The fraction of sp³-hybridized carbons (Fsp3) is 0.435. The quantitative estimate of drug-likeness (QED) is 0.867. The third-order valence-electron chi connectivity index (χ3n) is 5.85. The Morgan fingerprint density at radius 1 is 0.821 bits per heavy atom. The lowest BCUT2D eigenvalue weighted by atomic mass is 10.1. The number of urea groups is 1. The summed E-state index contributed by atoms with van der Waals surface area (Å²) in [6.07, 6.45) is 2.54. The number of piperazine rings is 1. The molecule has 2 fully saturated rings. The molecule has 0 radical (unpaired) electrons. The molecule has 2 aliphatic rings. The molecule has 0 bridgehead atoms. The normalized spacial score (nSPS) is 17.1. The van der Waals surface area contributed by atoms with E-state index in [9.17, 15) is 4.79 Å². The van der Waals surface area contributed by atoms with Gasteiger partial charge in [-0.05, 0) is 62.6 Å². The zero-order valence-electron chi connectivity index (χ0n) is 16.9. The van der Waals surface area contributed by atoms with Crippen LogP contribution in [0.4, 0.5) is 21.9 Å². The number of anilines is 3. The van der Waals surface area contributed by atoms with E-state index in [2.05, 4.69) is 59.3 Å². The number of benzene rings is 2. The van der Waals surface area contributed by atoms with Gasteiger partial charge in [0.1, 0.15) is 0 Å². The van der Waals surface area contributed by atoms with Crippen LogP contribution in [0.15, 0.2) is 42.5 Å². The molecule has 28 heavy (non-hydrogen) atoms. The van der Waals surface area contributed by atoms with Crippen molar-refractivity contribution in [1.29, 1.82) is 0 Å². The maximum Gasteiger partial charge on any atom is 0.321 e. The molecule has 2 heterocycles. The Hall–Kier alpha value is -2.69. The minimum absolute atomic E-state index is 0.00537. The highest BCUT2D eigenvalue weighted by atomic mass is 16.2. The van der Waals surface area contributed by atoms with Crippen LogP contribution in [-0.4, -0.2) is 50.2 Å². The van der Waals surface area contributed by atoms with Gasteiger partial charge < -0.3 is 20.0 Å². The third kappa shape index (κ3) is 4.08. The second kappa shape index (κ2) is 8.13. The topological polar surface area (TPSA) is 38.8 Å². The molecule has 4 rings (SSSR count). The van der Waals surface area contributed by atoms with Crippen LogP contribution < -0.4 is 15.1 Å². The van der Waals surface area contributed by atoms with E-state index in [-0.39, 0.29) is 6.03 Å². The average molecular weight is 379 g/mol. The minimum atomic E-state index is -0.00537. The van der Waals surface area contributed by atoms with Crippen LogP contribution in [0, 0.1) is 13.8 Å². The number of carbonyl (C=O) groups excluding carboxylic acids is 1. The second-order valence-corrected chi connectivity index (χ2v) is 7.94. The predicted octanol–water partition coefficient (Wildman–Crippen LogP) is 4.26. The molecular formula is C23H30N4O. The van der Waals surface area contributed by atoms with Crippen LogP contribution in [0.5, 0.6) is 0 Å². The minimum Gasteiger partial charge on any atom is -0.372 e. The maximum atomic E-state index is 12.6. The molecule has 148 valence electrons. The smallest absolute Gasteiger partial charge is 0.321 e. The zero-order chi connectivity index (χ0) is 19.5. The molecule has 2 aromatic rings. The van der Waals surface area contributed by atoms with Gasteiger partial charge >= 0.3 is 6.03 Å². The van der Waals surface area contributed by atoms with Crippen LogP contribution in [-0.2, 0) is 0 Å². The van der Waals surface area contributed by atoms with E-state index < -0.39 is 0 Å². The largest absolute Gasteiger partial charge is 0.372 e. The molecule has 5 nitrogen and oxygen atoms in total. The summed E-state index contributed by atoms with van der Waals surface area (Å²) in [6.45, 7) is 9.77. The highest BCUT2D eigenvalue weighted by Gasteiger charge is 2.22. The fourth-order valence-corrected chi connectivity index (χ4v) is 4.24. The summed E-state index contributed by atoms with van der Waals surface area (Å²) in [5, 5.41) is 3.05. The number of amides is 2. The van der Waals surface area contributed by atoms with Crippen LogP contribution in [0.2, 0.25) is 0 Å². The highest BCUT2D eigenvalue weighted by Crippen LogP contribution is 2.24. The van der Waals surface area contributed by atoms with Crippen LogP contribution in [0.25, 0.3) is 0 Å². The number of hydrogen-bond donors (Lipinski definition) is 1. The lowest BCUT2D eigenvalue weighted by molar-refractivity contribution is 0.208. The Kier molecular flexibility index (Phi) is 5.42. The van der Waals surface area contributed by atoms with Gasteiger partial charge in [-0.2, -0.15) is 0 Å². The lowest BCUT2D eigenvalue weighted by Gasteiger charge is -2.36. The summed E-state index contributed by atoms with van der Waals surface area (Å²) in [5.41, 5.74) is 5.98. The first-order valence-electron chi connectivity index (χ1n) is 10.3. The second-order valence-electron chi connectivity index (χ2n) is 7.94. The molecule has 2 amide bonds. The third-order valence-corrected chi connectivity index (χ3v) is 5.85. The van der Waals surface area contributed by atoms with Crippen molar-refractivity contribution < 1.29 is 4.79 Å². The van der Waals surface area contributed by atoms with Crippen molar-refractivity contribution in [2.24, 2.45) is 0 Å².